The van der Waals surface area contributed by atoms with Gasteiger partial charge in [0.2, 0.25) is 5.91 Å². The highest BCUT2D eigenvalue weighted by Gasteiger charge is 2.37. The fourth-order valence-corrected chi connectivity index (χ4v) is 3.56. The number of amides is 1. The molecule has 1 atom stereocenters. The molecule has 0 fully saturated rings. The Morgan fingerprint density at radius 3 is 2.73 bits per heavy atom. The zero-order valence-electron chi connectivity index (χ0n) is 14.9. The highest BCUT2D eigenvalue weighted by Crippen LogP contribution is 2.42. The first-order valence-corrected chi connectivity index (χ1v) is 9.14. The zero-order chi connectivity index (χ0) is 17.9. The number of carbonyl (C=O) groups is 1. The maximum Gasteiger partial charge on any atom is 0.242 e. The van der Waals surface area contributed by atoms with Crippen molar-refractivity contribution >= 4 is 11.6 Å². The number of aromatic nitrogens is 1. The van der Waals surface area contributed by atoms with Crippen LogP contribution in [0.5, 0.6) is 0 Å². The first kappa shape index (κ1) is 16.7. The molecule has 3 heterocycles. The van der Waals surface area contributed by atoms with E-state index in [0.717, 1.165) is 42.2 Å². The third-order valence-corrected chi connectivity index (χ3v) is 4.78. The maximum absolute atomic E-state index is 13.2. The van der Waals surface area contributed by atoms with Crippen molar-refractivity contribution in [3.8, 4) is 5.69 Å². The molecule has 1 N–H and O–H groups in total. The Labute approximate surface area is 153 Å². The summed E-state index contributed by atoms with van der Waals surface area (Å²) in [5.74, 6) is 0.809. The lowest BCUT2D eigenvalue weighted by Gasteiger charge is -2.37. The van der Waals surface area contributed by atoms with Crippen LogP contribution in [0.4, 0.5) is 5.69 Å². The number of nitrogens with one attached hydrogen (secondary N) is 1. The molecular weight excluding hydrogens is 326 g/mol. The Morgan fingerprint density at radius 2 is 1.96 bits per heavy atom. The minimum atomic E-state index is -0.268. The van der Waals surface area contributed by atoms with Gasteiger partial charge in [-0.05, 0) is 49.4 Å². The van der Waals surface area contributed by atoms with Gasteiger partial charge in [0.1, 0.15) is 11.8 Å². The molecule has 0 saturated carbocycles. The van der Waals surface area contributed by atoms with Crippen LogP contribution in [0.25, 0.3) is 5.69 Å². The summed E-state index contributed by atoms with van der Waals surface area (Å²) in [6.07, 6.45) is 5.86. The van der Waals surface area contributed by atoms with Gasteiger partial charge in [0, 0.05) is 6.20 Å². The lowest BCUT2D eigenvalue weighted by atomic mass is 10.0. The van der Waals surface area contributed by atoms with Gasteiger partial charge in [0.15, 0.2) is 0 Å². The third kappa shape index (κ3) is 2.84. The van der Waals surface area contributed by atoms with Crippen LogP contribution in [0.1, 0.15) is 37.3 Å². The number of benzene rings is 1. The van der Waals surface area contributed by atoms with Crippen LogP contribution in [-0.2, 0) is 4.79 Å². The zero-order valence-corrected chi connectivity index (χ0v) is 14.9. The summed E-state index contributed by atoms with van der Waals surface area (Å²) in [7, 11) is 0. The van der Waals surface area contributed by atoms with E-state index in [1.165, 1.54) is 0 Å². The molecule has 2 aromatic heterocycles. The summed E-state index contributed by atoms with van der Waals surface area (Å²) in [4.78, 5) is 15.0. The predicted molar refractivity (Wildman–Crippen MR) is 102 cm³/mol. The molecule has 3 aromatic rings. The SMILES string of the molecule is CCCCNCC(=O)N1c2ccccc2-n2cccc2C1c1ccco1. The molecule has 0 saturated heterocycles. The van der Waals surface area contributed by atoms with Gasteiger partial charge >= 0.3 is 0 Å². The second-order valence-electron chi connectivity index (χ2n) is 6.50. The summed E-state index contributed by atoms with van der Waals surface area (Å²) >= 11 is 0. The van der Waals surface area contributed by atoms with Gasteiger partial charge in [-0.2, -0.15) is 0 Å². The Kier molecular flexibility index (Phi) is 4.63. The molecule has 0 aliphatic carbocycles. The van der Waals surface area contributed by atoms with Crippen LogP contribution in [0.2, 0.25) is 0 Å². The van der Waals surface area contributed by atoms with Crippen LogP contribution < -0.4 is 10.2 Å². The van der Waals surface area contributed by atoms with Crippen LogP contribution in [0.3, 0.4) is 0 Å². The molecule has 1 aromatic carbocycles. The fourth-order valence-electron chi connectivity index (χ4n) is 3.56. The van der Waals surface area contributed by atoms with Crippen molar-refractivity contribution in [1.82, 2.24) is 9.88 Å². The highest BCUT2D eigenvalue weighted by molar-refractivity contribution is 5.98. The Hall–Kier alpha value is -2.79. The minimum Gasteiger partial charge on any atom is -0.467 e. The van der Waals surface area contributed by atoms with Crippen molar-refractivity contribution in [2.24, 2.45) is 0 Å². The van der Waals surface area contributed by atoms with Gasteiger partial charge < -0.3 is 14.3 Å². The average Bonchev–Trinajstić information content (AvgIpc) is 3.36. The number of nitrogens with zero attached hydrogens (tertiary/aromatic N) is 2. The van der Waals surface area contributed by atoms with Crippen LogP contribution in [0.15, 0.2) is 65.4 Å². The first-order chi connectivity index (χ1) is 12.8. The molecule has 26 heavy (non-hydrogen) atoms. The number of para-hydroxylation sites is 2. The lowest BCUT2D eigenvalue weighted by Crippen LogP contribution is -2.44. The largest absolute Gasteiger partial charge is 0.467 e. The van der Waals surface area contributed by atoms with Gasteiger partial charge in [0.05, 0.1) is 29.9 Å². The second-order valence-corrected chi connectivity index (χ2v) is 6.50. The third-order valence-electron chi connectivity index (χ3n) is 4.78. The van der Waals surface area contributed by atoms with E-state index in [2.05, 4.69) is 16.8 Å². The molecule has 5 nitrogen and oxygen atoms in total. The van der Waals surface area contributed by atoms with Crippen molar-refractivity contribution in [1.29, 1.82) is 0 Å². The molecule has 0 radical (unpaired) electrons. The second kappa shape index (κ2) is 7.22. The number of furan rings is 1. The van der Waals surface area contributed by atoms with E-state index in [0.29, 0.717) is 6.54 Å². The van der Waals surface area contributed by atoms with Crippen LogP contribution in [0, 0.1) is 0 Å². The van der Waals surface area contributed by atoms with E-state index in [9.17, 15) is 4.79 Å². The van der Waals surface area contributed by atoms with Crippen molar-refractivity contribution in [3.63, 3.8) is 0 Å². The smallest absolute Gasteiger partial charge is 0.242 e. The maximum atomic E-state index is 13.2. The molecule has 5 heteroatoms. The van der Waals surface area contributed by atoms with Gasteiger partial charge in [-0.1, -0.05) is 25.5 Å². The summed E-state index contributed by atoms with van der Waals surface area (Å²) in [6.45, 7) is 3.30. The molecule has 0 spiro atoms. The molecule has 1 aliphatic heterocycles. The van der Waals surface area contributed by atoms with Crippen molar-refractivity contribution < 1.29 is 9.21 Å². The minimum absolute atomic E-state index is 0.0439. The topological polar surface area (TPSA) is 50.4 Å². The van der Waals surface area contributed by atoms with E-state index in [1.54, 1.807) is 6.26 Å². The summed E-state index contributed by atoms with van der Waals surface area (Å²) in [5, 5.41) is 3.27. The number of anilines is 1. The molecule has 1 aliphatic rings. The van der Waals surface area contributed by atoms with E-state index < -0.39 is 0 Å². The molecule has 1 unspecified atom stereocenters. The van der Waals surface area contributed by atoms with Crippen molar-refractivity contribution in [2.75, 3.05) is 18.0 Å². The molecule has 1 amide bonds. The Morgan fingerprint density at radius 1 is 1.12 bits per heavy atom. The van der Waals surface area contributed by atoms with Crippen LogP contribution in [-0.4, -0.2) is 23.6 Å². The normalized spacial score (nSPS) is 15.6. The number of carbonyl (C=O) groups excluding carboxylic acids is 1. The van der Waals surface area contributed by atoms with Crippen molar-refractivity contribution in [3.05, 3.63) is 72.4 Å². The van der Waals surface area contributed by atoms with E-state index >= 15 is 0 Å². The molecule has 4 rings (SSSR count). The molecular formula is C21H23N3O2. The molecule has 0 bridgehead atoms. The van der Waals surface area contributed by atoms with Gasteiger partial charge in [-0.25, -0.2) is 0 Å². The van der Waals surface area contributed by atoms with Gasteiger partial charge in [-0.15, -0.1) is 0 Å². The van der Waals surface area contributed by atoms with Gasteiger partial charge in [-0.3, -0.25) is 9.69 Å². The number of hydrogen-bond donors (Lipinski definition) is 1. The number of hydrogen-bond acceptors (Lipinski definition) is 3. The highest BCUT2D eigenvalue weighted by atomic mass is 16.3. The van der Waals surface area contributed by atoms with Crippen molar-refractivity contribution in [2.45, 2.75) is 25.8 Å². The summed E-state index contributed by atoms with van der Waals surface area (Å²) in [6, 6.07) is 15.6. The summed E-state index contributed by atoms with van der Waals surface area (Å²) in [5.41, 5.74) is 2.94. The Balaban J connectivity index is 1.75. The predicted octanol–water partition coefficient (Wildman–Crippen LogP) is 3.90. The lowest BCUT2D eigenvalue weighted by molar-refractivity contribution is -0.118. The number of rotatable bonds is 6. The van der Waals surface area contributed by atoms with E-state index in [4.69, 9.17) is 4.42 Å². The monoisotopic (exact) mass is 349 g/mol. The number of unbranched alkanes of at least 4 members (excludes halogenated alkanes) is 1. The molecule has 134 valence electrons. The fraction of sp³-hybridized carbons (Fsp3) is 0.286. The van der Waals surface area contributed by atoms with E-state index in [-0.39, 0.29) is 11.9 Å². The van der Waals surface area contributed by atoms with Gasteiger partial charge in [0.25, 0.3) is 0 Å². The standard InChI is InChI=1S/C21H23N3O2/c1-2-3-12-22-15-20(25)24-17-9-5-4-8-16(17)23-13-6-10-18(23)21(24)19-11-7-14-26-19/h4-11,13-14,21-22H,2-3,12,15H2,1H3. The quantitative estimate of drug-likeness (QED) is 0.687. The summed E-state index contributed by atoms with van der Waals surface area (Å²) < 4.78 is 7.85. The van der Waals surface area contributed by atoms with E-state index in [1.807, 2.05) is 59.6 Å². The average molecular weight is 349 g/mol. The first-order valence-electron chi connectivity index (χ1n) is 9.14. The Bertz CT molecular complexity index is 882. The van der Waals surface area contributed by atoms with Crippen LogP contribution >= 0.6 is 0 Å². The number of fused-ring (bicyclic) bond motifs is 3.